The third-order valence-electron chi connectivity index (χ3n) is 1.43. The van der Waals surface area contributed by atoms with Crippen molar-refractivity contribution < 1.29 is 17.7 Å². The number of amides is 1. The molecule has 0 N–H and O–H groups in total. The van der Waals surface area contributed by atoms with Gasteiger partial charge in [0.15, 0.2) is 5.82 Å². The summed E-state index contributed by atoms with van der Waals surface area (Å²) in [6.45, 7) is -3.00. The molecule has 0 aliphatic carbocycles. The zero-order valence-electron chi connectivity index (χ0n) is 9.52. The molecule has 0 heterocycles. The van der Waals surface area contributed by atoms with Crippen LogP contribution in [-0.4, -0.2) is 12.3 Å². The van der Waals surface area contributed by atoms with Crippen LogP contribution in [0.25, 0.3) is 0 Å². The molecule has 0 saturated carbocycles. The second kappa shape index (κ2) is 4.11. The highest BCUT2D eigenvalue weighted by atomic mass is 35.5. The number of nitrogens with zero attached hydrogens (tertiary/aromatic N) is 1. The first-order valence-corrected chi connectivity index (χ1v) is 4.05. The van der Waals surface area contributed by atoms with Gasteiger partial charge in [0.05, 0.1) is 5.69 Å². The Morgan fingerprint density at radius 3 is 2.71 bits per heavy atom. The largest absolute Gasteiger partial charge is 0.320 e. The predicted octanol–water partition coefficient (Wildman–Crippen LogP) is 3.41. The van der Waals surface area contributed by atoms with E-state index >= 15 is 0 Å². The van der Waals surface area contributed by atoms with Gasteiger partial charge < -0.3 is 0 Å². The summed E-state index contributed by atoms with van der Waals surface area (Å²) in [5.41, 5.74) is -0.712. The molecule has 1 rings (SSSR count). The van der Waals surface area contributed by atoms with Gasteiger partial charge in [-0.3, -0.25) is 9.69 Å². The van der Waals surface area contributed by atoms with Crippen LogP contribution in [0.4, 0.5) is 19.3 Å². The molecule has 0 atom stereocenters. The van der Waals surface area contributed by atoms with Gasteiger partial charge in [0, 0.05) is 11.1 Å². The number of carbonyl (C=O) groups is 1. The topological polar surface area (TPSA) is 20.3 Å². The Morgan fingerprint density at radius 2 is 2.21 bits per heavy atom. The standard InChI is InChI=1S/C8H5Cl2F2NO/c1-13(8(10)14)5-3-2-4(11)6(9)7(5)12/h2-3H,1H3/i1D3. The molecule has 1 amide bonds. The normalized spacial score (nSPS) is 14.1. The van der Waals surface area contributed by atoms with E-state index in [1.54, 1.807) is 0 Å². The maximum atomic E-state index is 13.5. The van der Waals surface area contributed by atoms with Gasteiger partial charge in [-0.15, -0.1) is 0 Å². The lowest BCUT2D eigenvalue weighted by Crippen LogP contribution is -2.20. The Bertz CT molecular complexity index is 467. The van der Waals surface area contributed by atoms with Crippen molar-refractivity contribution in [1.82, 2.24) is 0 Å². The third kappa shape index (κ3) is 1.96. The van der Waals surface area contributed by atoms with Crippen LogP contribution in [0.2, 0.25) is 5.02 Å². The maximum absolute atomic E-state index is 13.5. The maximum Gasteiger partial charge on any atom is 0.320 e. The average Bonchev–Trinajstić information content (AvgIpc) is 2.16. The molecule has 76 valence electrons. The number of rotatable bonds is 1. The molecule has 14 heavy (non-hydrogen) atoms. The molecular weight excluding hydrogens is 235 g/mol. The SMILES string of the molecule is [2H]C([2H])([2H])N(C(=O)Cl)c1ccc(F)c(Cl)c1F. The Labute approximate surface area is 93.2 Å². The van der Waals surface area contributed by atoms with Crippen molar-refractivity contribution in [2.24, 2.45) is 0 Å². The van der Waals surface area contributed by atoms with Crippen molar-refractivity contribution in [2.45, 2.75) is 0 Å². The molecule has 2 nitrogen and oxygen atoms in total. The summed E-state index contributed by atoms with van der Waals surface area (Å²) in [4.78, 5) is 11.0. The van der Waals surface area contributed by atoms with E-state index in [1.807, 2.05) is 0 Å². The number of benzene rings is 1. The van der Waals surface area contributed by atoms with Gasteiger partial charge in [-0.1, -0.05) is 11.6 Å². The number of hydrogen-bond donors (Lipinski definition) is 0. The van der Waals surface area contributed by atoms with E-state index in [1.165, 1.54) is 0 Å². The van der Waals surface area contributed by atoms with E-state index < -0.39 is 34.7 Å². The lowest BCUT2D eigenvalue weighted by Gasteiger charge is -2.14. The van der Waals surface area contributed by atoms with Crippen molar-refractivity contribution in [3.8, 4) is 0 Å². The number of halogens is 4. The van der Waals surface area contributed by atoms with Crippen LogP contribution < -0.4 is 4.90 Å². The third-order valence-corrected chi connectivity index (χ3v) is 1.95. The van der Waals surface area contributed by atoms with Gasteiger partial charge in [-0.25, -0.2) is 8.78 Å². The van der Waals surface area contributed by atoms with Crippen molar-refractivity contribution in [3.63, 3.8) is 0 Å². The number of carbonyl (C=O) groups excluding carboxylic acids is 1. The first-order chi connectivity index (χ1) is 7.66. The van der Waals surface area contributed by atoms with Crippen molar-refractivity contribution >= 4 is 34.3 Å². The zero-order valence-corrected chi connectivity index (χ0v) is 8.03. The molecule has 0 radical (unpaired) electrons. The second-order valence-electron chi connectivity index (χ2n) is 2.28. The average molecular weight is 243 g/mol. The van der Waals surface area contributed by atoms with Gasteiger partial charge in [0.2, 0.25) is 0 Å². The second-order valence-corrected chi connectivity index (χ2v) is 2.98. The number of hydrogen-bond acceptors (Lipinski definition) is 1. The van der Waals surface area contributed by atoms with E-state index in [4.69, 9.17) is 27.3 Å². The highest BCUT2D eigenvalue weighted by molar-refractivity contribution is 6.66. The van der Waals surface area contributed by atoms with Crippen LogP contribution in [0.5, 0.6) is 0 Å². The monoisotopic (exact) mass is 242 g/mol. The first-order valence-electron chi connectivity index (χ1n) is 4.79. The summed E-state index contributed by atoms with van der Waals surface area (Å²) < 4.78 is 47.5. The van der Waals surface area contributed by atoms with Crippen LogP contribution in [0.15, 0.2) is 12.1 Å². The minimum atomic E-state index is -3.00. The molecular formula is C8H5Cl2F2NO. The van der Waals surface area contributed by atoms with Gasteiger partial charge in [0.25, 0.3) is 0 Å². The lowest BCUT2D eigenvalue weighted by molar-refractivity contribution is 0.265. The Morgan fingerprint density at radius 1 is 1.57 bits per heavy atom. The summed E-state index contributed by atoms with van der Waals surface area (Å²) in [6, 6.07) is 1.50. The molecule has 0 fully saturated rings. The Hall–Kier alpha value is -0.870. The van der Waals surface area contributed by atoms with E-state index in [2.05, 4.69) is 0 Å². The van der Waals surface area contributed by atoms with Crippen LogP contribution in [-0.2, 0) is 0 Å². The molecule has 0 aromatic heterocycles. The van der Waals surface area contributed by atoms with Crippen molar-refractivity contribution in [2.75, 3.05) is 11.9 Å². The molecule has 1 aromatic carbocycles. The molecule has 0 spiro atoms. The molecule has 0 aliphatic heterocycles. The minimum Gasteiger partial charge on any atom is -0.299 e. The van der Waals surface area contributed by atoms with E-state index in [-0.39, 0.29) is 4.90 Å². The Balaban J connectivity index is 3.40. The van der Waals surface area contributed by atoms with Crippen molar-refractivity contribution in [1.29, 1.82) is 0 Å². The first kappa shape index (κ1) is 7.43. The molecule has 1 aromatic rings. The van der Waals surface area contributed by atoms with E-state index in [0.29, 0.717) is 0 Å². The summed E-state index contributed by atoms with van der Waals surface area (Å²) in [6.07, 6.45) is 0. The minimum absolute atomic E-state index is 0.00914. The Kier molecular flexibility index (Phi) is 2.18. The summed E-state index contributed by atoms with van der Waals surface area (Å²) in [5.74, 6) is -2.43. The predicted molar refractivity (Wildman–Crippen MR) is 51.0 cm³/mol. The molecule has 0 aliphatic rings. The summed E-state index contributed by atoms with van der Waals surface area (Å²) in [5, 5.41) is -2.33. The molecule has 0 unspecified atom stereocenters. The van der Waals surface area contributed by atoms with Crippen LogP contribution >= 0.6 is 23.2 Å². The van der Waals surface area contributed by atoms with E-state index in [9.17, 15) is 13.6 Å². The van der Waals surface area contributed by atoms with Gasteiger partial charge in [0.1, 0.15) is 10.8 Å². The van der Waals surface area contributed by atoms with Gasteiger partial charge in [-0.2, -0.15) is 0 Å². The van der Waals surface area contributed by atoms with Crippen LogP contribution in [0, 0.1) is 11.6 Å². The highest BCUT2D eigenvalue weighted by Crippen LogP contribution is 2.27. The molecule has 0 saturated heterocycles. The molecule has 0 bridgehead atoms. The fourth-order valence-corrected chi connectivity index (χ4v) is 1.03. The van der Waals surface area contributed by atoms with Gasteiger partial charge in [-0.05, 0) is 23.7 Å². The highest BCUT2D eigenvalue weighted by Gasteiger charge is 2.17. The van der Waals surface area contributed by atoms with Crippen LogP contribution in [0.3, 0.4) is 0 Å². The number of anilines is 1. The lowest BCUT2D eigenvalue weighted by atomic mass is 10.3. The smallest absolute Gasteiger partial charge is 0.299 e. The van der Waals surface area contributed by atoms with Crippen LogP contribution in [0.1, 0.15) is 4.11 Å². The fourth-order valence-electron chi connectivity index (χ4n) is 0.783. The summed E-state index contributed by atoms with van der Waals surface area (Å²) in [7, 11) is 0. The zero-order chi connectivity index (χ0) is 13.4. The fraction of sp³-hybridized carbons (Fsp3) is 0.125. The quantitative estimate of drug-likeness (QED) is 0.420. The van der Waals surface area contributed by atoms with E-state index in [0.717, 1.165) is 12.1 Å². The van der Waals surface area contributed by atoms with Crippen molar-refractivity contribution in [3.05, 3.63) is 28.8 Å². The molecule has 6 heteroatoms. The van der Waals surface area contributed by atoms with Gasteiger partial charge >= 0.3 is 5.37 Å². The summed E-state index contributed by atoms with van der Waals surface area (Å²) >= 11 is 10.3.